The van der Waals surface area contributed by atoms with Gasteiger partial charge in [-0.3, -0.25) is 4.79 Å². The molecule has 2 rings (SSSR count). The quantitative estimate of drug-likeness (QED) is 0.692. The van der Waals surface area contributed by atoms with E-state index in [1.54, 1.807) is 14.2 Å². The fraction of sp³-hybridized carbons (Fsp3) is 0.471. The molecular formula is C17H26N2O4. The van der Waals surface area contributed by atoms with E-state index < -0.39 is 11.4 Å². The van der Waals surface area contributed by atoms with E-state index in [2.05, 4.69) is 23.2 Å². The summed E-state index contributed by atoms with van der Waals surface area (Å²) in [6, 6.07) is 10.3. The van der Waals surface area contributed by atoms with Gasteiger partial charge in [-0.25, -0.2) is 0 Å². The lowest BCUT2D eigenvalue weighted by molar-refractivity contribution is -0.150. The molecule has 1 heterocycles. The summed E-state index contributed by atoms with van der Waals surface area (Å²) in [6.45, 7) is 0.898. The van der Waals surface area contributed by atoms with Gasteiger partial charge in [0.2, 0.25) is 0 Å². The number of ether oxygens (including phenoxy) is 2. The number of carboxylic acid groups (broad SMARTS) is 1. The maximum absolute atomic E-state index is 11.1. The van der Waals surface area contributed by atoms with Crippen molar-refractivity contribution in [3.8, 4) is 0 Å². The molecule has 2 aromatic rings. The third-order valence-electron chi connectivity index (χ3n) is 3.88. The van der Waals surface area contributed by atoms with Crippen LogP contribution in [0.5, 0.6) is 0 Å². The summed E-state index contributed by atoms with van der Waals surface area (Å²) < 4.78 is 9.74. The number of carbonyl (C=O) groups is 1. The van der Waals surface area contributed by atoms with E-state index in [0.29, 0.717) is 26.1 Å². The number of fused-ring (bicyclic) bond motifs is 1. The molecule has 0 amide bonds. The van der Waals surface area contributed by atoms with Crippen LogP contribution in [-0.2, 0) is 14.3 Å². The lowest BCUT2D eigenvalue weighted by Crippen LogP contribution is -2.40. The Morgan fingerprint density at radius 2 is 1.78 bits per heavy atom. The lowest BCUT2D eigenvalue weighted by Gasteiger charge is -2.27. The van der Waals surface area contributed by atoms with E-state index in [1.165, 1.54) is 10.9 Å². The zero-order chi connectivity index (χ0) is 17.1. The Hall–Kier alpha value is -1.89. The first-order valence-corrected chi connectivity index (χ1v) is 7.53. The Balaban J connectivity index is 0.000000248. The van der Waals surface area contributed by atoms with Gasteiger partial charge in [-0.1, -0.05) is 18.2 Å². The molecule has 0 aliphatic heterocycles. The number of aromatic amines is 1. The first-order chi connectivity index (χ1) is 11.1. The van der Waals surface area contributed by atoms with E-state index in [9.17, 15) is 4.79 Å². The predicted molar refractivity (Wildman–Crippen MR) is 90.4 cm³/mol. The molecule has 0 bridgehead atoms. The van der Waals surface area contributed by atoms with Crippen LogP contribution in [-0.4, -0.2) is 50.0 Å². The van der Waals surface area contributed by atoms with E-state index in [-0.39, 0.29) is 6.54 Å². The third kappa shape index (κ3) is 5.67. The van der Waals surface area contributed by atoms with Crippen LogP contribution in [0.3, 0.4) is 0 Å². The number of aliphatic carboxylic acids is 1. The van der Waals surface area contributed by atoms with Crippen LogP contribution >= 0.6 is 0 Å². The van der Waals surface area contributed by atoms with Crippen LogP contribution in [0.2, 0.25) is 0 Å². The maximum atomic E-state index is 11.1. The van der Waals surface area contributed by atoms with Crippen molar-refractivity contribution in [2.24, 2.45) is 11.1 Å². The minimum atomic E-state index is -0.911. The molecule has 0 fully saturated rings. The van der Waals surface area contributed by atoms with Crippen molar-refractivity contribution in [3.63, 3.8) is 0 Å². The fourth-order valence-corrected chi connectivity index (χ4v) is 2.22. The summed E-state index contributed by atoms with van der Waals surface area (Å²) in [5, 5.41) is 10.4. The number of methoxy groups -OCH3 is 2. The average Bonchev–Trinajstić information content (AvgIpc) is 3.04. The number of benzene rings is 1. The minimum Gasteiger partial charge on any atom is -0.481 e. The number of para-hydroxylation sites is 1. The first kappa shape index (κ1) is 19.2. The molecule has 1 aromatic heterocycles. The molecule has 0 unspecified atom stereocenters. The summed E-state index contributed by atoms with van der Waals surface area (Å²) in [5.74, 6) is -0.880. The van der Waals surface area contributed by atoms with Crippen molar-refractivity contribution >= 4 is 16.9 Å². The molecule has 0 saturated heterocycles. The topological polar surface area (TPSA) is 97.6 Å². The number of nitrogens with one attached hydrogen (secondary N) is 1. The Labute approximate surface area is 136 Å². The zero-order valence-electron chi connectivity index (χ0n) is 13.7. The van der Waals surface area contributed by atoms with Crippen molar-refractivity contribution in [1.82, 2.24) is 4.98 Å². The monoisotopic (exact) mass is 322 g/mol. The van der Waals surface area contributed by atoms with Crippen molar-refractivity contribution in [3.05, 3.63) is 36.5 Å². The van der Waals surface area contributed by atoms with Gasteiger partial charge in [0, 0.05) is 45.7 Å². The summed E-state index contributed by atoms with van der Waals surface area (Å²) >= 11 is 0. The number of nitrogens with two attached hydrogens (primary N) is 1. The normalized spacial score (nSPS) is 11.1. The van der Waals surface area contributed by atoms with Crippen LogP contribution in [0, 0.1) is 5.41 Å². The number of rotatable bonds is 8. The molecule has 0 saturated carbocycles. The largest absolute Gasteiger partial charge is 0.481 e. The summed E-state index contributed by atoms with van der Waals surface area (Å²) in [5.41, 5.74) is 5.79. The van der Waals surface area contributed by atoms with Crippen molar-refractivity contribution in [2.45, 2.75) is 12.8 Å². The van der Waals surface area contributed by atoms with Gasteiger partial charge in [-0.05, 0) is 30.4 Å². The first-order valence-electron chi connectivity index (χ1n) is 7.53. The Bertz CT molecular complexity index is 544. The second-order valence-electron chi connectivity index (χ2n) is 5.34. The summed E-state index contributed by atoms with van der Waals surface area (Å²) in [6.07, 6.45) is 2.78. The van der Waals surface area contributed by atoms with Gasteiger partial charge in [0.25, 0.3) is 0 Å². The lowest BCUT2D eigenvalue weighted by atomic mass is 9.82. The Morgan fingerprint density at radius 1 is 1.17 bits per heavy atom. The Kier molecular flexibility index (Phi) is 8.32. The van der Waals surface area contributed by atoms with Gasteiger partial charge < -0.3 is 25.3 Å². The van der Waals surface area contributed by atoms with Gasteiger partial charge in [0.1, 0.15) is 0 Å². The fourth-order valence-electron chi connectivity index (χ4n) is 2.22. The summed E-state index contributed by atoms with van der Waals surface area (Å²) in [7, 11) is 3.08. The molecular weight excluding hydrogens is 296 g/mol. The molecule has 4 N–H and O–H groups in total. The molecule has 0 atom stereocenters. The molecule has 1 aromatic carbocycles. The van der Waals surface area contributed by atoms with Gasteiger partial charge in [-0.2, -0.15) is 0 Å². The molecule has 6 heteroatoms. The second kappa shape index (κ2) is 9.99. The highest BCUT2D eigenvalue weighted by molar-refractivity contribution is 5.78. The maximum Gasteiger partial charge on any atom is 0.311 e. The second-order valence-corrected chi connectivity index (χ2v) is 5.34. The molecule has 23 heavy (non-hydrogen) atoms. The molecule has 0 spiro atoms. The van der Waals surface area contributed by atoms with Crippen LogP contribution in [0.25, 0.3) is 10.9 Å². The predicted octanol–water partition coefficient (Wildman–Crippen LogP) is 2.26. The number of H-pyrrole nitrogens is 1. The SMILES string of the molecule is COCCC(CN)(CCOC)C(=O)O.c1ccc2[nH]ccc2c1. The smallest absolute Gasteiger partial charge is 0.311 e. The standard InChI is InChI=1S/C9H19NO4.C8H7N/c1-13-5-3-9(7-10,8(11)12)4-6-14-2;1-2-4-8-7(3-1)5-6-9-8/h3-7,10H2,1-2H3,(H,11,12);1-6,9H. The summed E-state index contributed by atoms with van der Waals surface area (Å²) in [4.78, 5) is 14.2. The Morgan fingerprint density at radius 3 is 2.26 bits per heavy atom. The molecule has 0 radical (unpaired) electrons. The van der Waals surface area contributed by atoms with Crippen molar-refractivity contribution in [2.75, 3.05) is 34.0 Å². The minimum absolute atomic E-state index is 0.106. The van der Waals surface area contributed by atoms with Crippen molar-refractivity contribution in [1.29, 1.82) is 0 Å². The van der Waals surface area contributed by atoms with E-state index in [4.69, 9.17) is 20.3 Å². The van der Waals surface area contributed by atoms with E-state index >= 15 is 0 Å². The van der Waals surface area contributed by atoms with Gasteiger partial charge >= 0.3 is 5.97 Å². The highest BCUT2D eigenvalue weighted by Gasteiger charge is 2.36. The number of hydrogen-bond donors (Lipinski definition) is 3. The van der Waals surface area contributed by atoms with E-state index in [1.807, 2.05) is 18.3 Å². The van der Waals surface area contributed by atoms with Crippen molar-refractivity contribution < 1.29 is 19.4 Å². The van der Waals surface area contributed by atoms with Crippen LogP contribution in [0.15, 0.2) is 36.5 Å². The van der Waals surface area contributed by atoms with Crippen LogP contribution in [0.1, 0.15) is 12.8 Å². The van der Waals surface area contributed by atoms with Crippen LogP contribution in [0.4, 0.5) is 0 Å². The average molecular weight is 322 g/mol. The zero-order valence-corrected chi connectivity index (χ0v) is 13.7. The number of carboxylic acids is 1. The van der Waals surface area contributed by atoms with Gasteiger partial charge in [0.15, 0.2) is 0 Å². The third-order valence-corrected chi connectivity index (χ3v) is 3.88. The van der Waals surface area contributed by atoms with Gasteiger partial charge in [-0.15, -0.1) is 0 Å². The molecule has 128 valence electrons. The highest BCUT2D eigenvalue weighted by atomic mass is 16.5. The molecule has 0 aliphatic carbocycles. The van der Waals surface area contributed by atoms with E-state index in [0.717, 1.165) is 0 Å². The molecule has 6 nitrogen and oxygen atoms in total. The van der Waals surface area contributed by atoms with Gasteiger partial charge in [0.05, 0.1) is 5.41 Å². The molecule has 0 aliphatic rings. The van der Waals surface area contributed by atoms with Crippen LogP contribution < -0.4 is 5.73 Å². The highest BCUT2D eigenvalue weighted by Crippen LogP contribution is 2.25. The number of aromatic nitrogens is 1. The number of hydrogen-bond acceptors (Lipinski definition) is 4.